The van der Waals surface area contributed by atoms with E-state index in [1.165, 1.54) is 0 Å². The standard InChI is InChI=1S/C7H14O.C5H10O.C2H6/c1-3-5-7(4-2)6-8;1-3-4-5(2)6;1-2/h6-7H,3-5H2,1-2H3;3-4H2,1-2H3;1-2H3. The van der Waals surface area contributed by atoms with E-state index in [4.69, 9.17) is 0 Å². The summed E-state index contributed by atoms with van der Waals surface area (Å²) in [6.07, 6.45) is 5.95. The number of Topliss-reactive ketones (excluding diaryl/α,β-unsaturated/α-hetero) is 1. The summed E-state index contributed by atoms with van der Waals surface area (Å²) in [5.41, 5.74) is 0. The first-order valence-corrected chi connectivity index (χ1v) is 6.56. The average molecular weight is 230 g/mol. The number of hydrogen-bond acceptors (Lipinski definition) is 2. The molecule has 0 aromatic rings. The van der Waals surface area contributed by atoms with E-state index in [1.807, 2.05) is 20.8 Å². The Morgan fingerprint density at radius 1 is 1.12 bits per heavy atom. The minimum Gasteiger partial charge on any atom is -0.303 e. The molecule has 16 heavy (non-hydrogen) atoms. The van der Waals surface area contributed by atoms with Crippen molar-refractivity contribution in [1.82, 2.24) is 0 Å². The highest BCUT2D eigenvalue weighted by Crippen LogP contribution is 2.05. The number of hydrogen-bond donors (Lipinski definition) is 0. The van der Waals surface area contributed by atoms with E-state index < -0.39 is 0 Å². The van der Waals surface area contributed by atoms with E-state index in [0.717, 1.165) is 38.4 Å². The Hall–Kier alpha value is -0.660. The van der Waals surface area contributed by atoms with Crippen LogP contribution in [0.1, 0.15) is 73.6 Å². The van der Waals surface area contributed by atoms with Crippen LogP contribution in [0.2, 0.25) is 0 Å². The minimum atomic E-state index is 0.289. The van der Waals surface area contributed by atoms with Gasteiger partial charge in [-0.3, -0.25) is 0 Å². The Morgan fingerprint density at radius 2 is 1.62 bits per heavy atom. The lowest BCUT2D eigenvalue weighted by atomic mass is 10.0. The lowest BCUT2D eigenvalue weighted by molar-refractivity contribution is -0.117. The summed E-state index contributed by atoms with van der Waals surface area (Å²) in [6.45, 7) is 11.8. The minimum absolute atomic E-state index is 0.289. The molecule has 0 amide bonds. The molecule has 0 radical (unpaired) electrons. The molecule has 0 aromatic carbocycles. The van der Waals surface area contributed by atoms with Crippen molar-refractivity contribution in [3.63, 3.8) is 0 Å². The third-order valence-corrected chi connectivity index (χ3v) is 1.98. The zero-order valence-electron chi connectivity index (χ0n) is 12.0. The molecule has 0 aromatic heterocycles. The van der Waals surface area contributed by atoms with Crippen LogP contribution in [0.15, 0.2) is 0 Å². The van der Waals surface area contributed by atoms with Crippen molar-refractivity contribution in [2.75, 3.05) is 0 Å². The predicted molar refractivity (Wildman–Crippen MR) is 71.7 cm³/mol. The van der Waals surface area contributed by atoms with Gasteiger partial charge in [-0.15, -0.1) is 0 Å². The van der Waals surface area contributed by atoms with Crippen LogP contribution in [0.5, 0.6) is 0 Å². The van der Waals surface area contributed by atoms with Gasteiger partial charge in [0, 0.05) is 12.3 Å². The highest BCUT2D eigenvalue weighted by atomic mass is 16.1. The molecule has 0 fully saturated rings. The molecular weight excluding hydrogens is 200 g/mol. The number of rotatable bonds is 6. The number of aldehydes is 1. The van der Waals surface area contributed by atoms with E-state index in [2.05, 4.69) is 13.8 Å². The van der Waals surface area contributed by atoms with Crippen LogP contribution in [0.3, 0.4) is 0 Å². The second kappa shape index (κ2) is 19.8. The highest BCUT2D eigenvalue weighted by molar-refractivity contribution is 5.75. The molecule has 0 rings (SSSR count). The largest absolute Gasteiger partial charge is 0.303 e. The van der Waals surface area contributed by atoms with Gasteiger partial charge in [-0.2, -0.15) is 0 Å². The van der Waals surface area contributed by atoms with Crippen LogP contribution >= 0.6 is 0 Å². The Kier molecular flexibility index (Phi) is 25.7. The molecule has 0 saturated carbocycles. The van der Waals surface area contributed by atoms with Crippen LogP contribution < -0.4 is 0 Å². The zero-order valence-corrected chi connectivity index (χ0v) is 12.0. The fourth-order valence-corrected chi connectivity index (χ4v) is 1.09. The Bertz CT molecular complexity index is 142. The first-order valence-electron chi connectivity index (χ1n) is 6.56. The van der Waals surface area contributed by atoms with Gasteiger partial charge in [0.15, 0.2) is 0 Å². The lowest BCUT2D eigenvalue weighted by Crippen LogP contribution is -1.97. The van der Waals surface area contributed by atoms with Crippen molar-refractivity contribution in [2.24, 2.45) is 5.92 Å². The van der Waals surface area contributed by atoms with Crippen LogP contribution in [0.4, 0.5) is 0 Å². The van der Waals surface area contributed by atoms with Gasteiger partial charge in [-0.1, -0.05) is 41.0 Å². The molecule has 0 N–H and O–H groups in total. The Morgan fingerprint density at radius 3 is 1.69 bits per heavy atom. The van der Waals surface area contributed by atoms with Crippen LogP contribution in [-0.4, -0.2) is 12.1 Å². The lowest BCUT2D eigenvalue weighted by Gasteiger charge is -2.01. The van der Waals surface area contributed by atoms with Gasteiger partial charge in [0.1, 0.15) is 12.1 Å². The van der Waals surface area contributed by atoms with Crippen LogP contribution in [0, 0.1) is 5.92 Å². The van der Waals surface area contributed by atoms with E-state index in [9.17, 15) is 9.59 Å². The normalized spacial score (nSPS) is 10.1. The molecule has 0 heterocycles. The summed E-state index contributed by atoms with van der Waals surface area (Å²) in [7, 11) is 0. The van der Waals surface area contributed by atoms with E-state index in [0.29, 0.717) is 5.92 Å². The Balaban J connectivity index is -0.000000188. The van der Waals surface area contributed by atoms with Crippen molar-refractivity contribution in [1.29, 1.82) is 0 Å². The van der Waals surface area contributed by atoms with E-state index in [-0.39, 0.29) is 5.78 Å². The molecule has 0 aliphatic heterocycles. The molecule has 0 aliphatic rings. The quantitative estimate of drug-likeness (QED) is 0.633. The fraction of sp³-hybridized carbons (Fsp3) is 0.857. The van der Waals surface area contributed by atoms with Gasteiger partial charge in [-0.05, 0) is 26.2 Å². The fourth-order valence-electron chi connectivity index (χ4n) is 1.09. The molecule has 0 saturated heterocycles. The molecule has 1 atom stereocenters. The average Bonchev–Trinajstić information content (AvgIpc) is 2.29. The number of carbonyl (C=O) groups is 2. The third kappa shape index (κ3) is 23.3. The smallest absolute Gasteiger partial charge is 0.129 e. The maximum absolute atomic E-state index is 10.1. The zero-order chi connectivity index (χ0) is 13.4. The first kappa shape index (κ1) is 20.7. The molecule has 1 unspecified atom stereocenters. The van der Waals surface area contributed by atoms with Gasteiger partial charge in [0.25, 0.3) is 0 Å². The van der Waals surface area contributed by atoms with Crippen molar-refractivity contribution in [3.05, 3.63) is 0 Å². The van der Waals surface area contributed by atoms with Crippen molar-refractivity contribution in [3.8, 4) is 0 Å². The van der Waals surface area contributed by atoms with Crippen molar-refractivity contribution < 1.29 is 9.59 Å². The van der Waals surface area contributed by atoms with Crippen LogP contribution in [-0.2, 0) is 9.59 Å². The van der Waals surface area contributed by atoms with Gasteiger partial charge in [0.05, 0.1) is 0 Å². The van der Waals surface area contributed by atoms with Crippen LogP contribution in [0.25, 0.3) is 0 Å². The summed E-state index contributed by atoms with van der Waals surface area (Å²) in [5, 5.41) is 0. The Labute approximate surface area is 102 Å². The van der Waals surface area contributed by atoms with E-state index in [1.54, 1.807) is 6.92 Å². The van der Waals surface area contributed by atoms with Gasteiger partial charge < -0.3 is 9.59 Å². The first-order chi connectivity index (χ1) is 7.62. The second-order valence-electron chi connectivity index (χ2n) is 3.55. The van der Waals surface area contributed by atoms with Gasteiger partial charge >= 0.3 is 0 Å². The summed E-state index contributed by atoms with van der Waals surface area (Å²) >= 11 is 0. The number of ketones is 1. The molecule has 98 valence electrons. The SMILES string of the molecule is CC.CCCC(C)=O.CCCC(C=O)CC. The second-order valence-corrected chi connectivity index (χ2v) is 3.55. The third-order valence-electron chi connectivity index (χ3n) is 1.98. The summed E-state index contributed by atoms with van der Waals surface area (Å²) in [6, 6.07) is 0. The molecule has 0 spiro atoms. The molecule has 0 aliphatic carbocycles. The molecule has 0 bridgehead atoms. The predicted octanol–water partition coefficient (Wildman–Crippen LogP) is 4.41. The summed E-state index contributed by atoms with van der Waals surface area (Å²) < 4.78 is 0. The molecular formula is C14H30O2. The van der Waals surface area contributed by atoms with Crippen molar-refractivity contribution >= 4 is 12.1 Å². The molecule has 2 nitrogen and oxygen atoms in total. The maximum atomic E-state index is 10.1. The van der Waals surface area contributed by atoms with Gasteiger partial charge in [-0.25, -0.2) is 0 Å². The van der Waals surface area contributed by atoms with E-state index >= 15 is 0 Å². The van der Waals surface area contributed by atoms with Gasteiger partial charge in [0.2, 0.25) is 0 Å². The number of carbonyl (C=O) groups excluding carboxylic acids is 2. The monoisotopic (exact) mass is 230 g/mol. The topological polar surface area (TPSA) is 34.1 Å². The van der Waals surface area contributed by atoms with Crippen molar-refractivity contribution in [2.45, 2.75) is 73.6 Å². The summed E-state index contributed by atoms with van der Waals surface area (Å²) in [5.74, 6) is 0.609. The molecule has 2 heteroatoms. The summed E-state index contributed by atoms with van der Waals surface area (Å²) in [4.78, 5) is 20.2. The highest BCUT2D eigenvalue weighted by Gasteiger charge is 1.99. The maximum Gasteiger partial charge on any atom is 0.129 e.